The van der Waals surface area contributed by atoms with Gasteiger partial charge in [0.2, 0.25) is 5.71 Å². The fraction of sp³-hybridized carbons (Fsp3) is 0.255. The number of hydrogen-bond donors (Lipinski definition) is 5. The van der Waals surface area contributed by atoms with Gasteiger partial charge in [0.15, 0.2) is 0 Å². The number of phenolic OH excluding ortho intramolecular Hbond substituents is 4. The van der Waals surface area contributed by atoms with E-state index in [1.165, 1.54) is 0 Å². The van der Waals surface area contributed by atoms with Gasteiger partial charge in [0.05, 0.1) is 29.5 Å². The summed E-state index contributed by atoms with van der Waals surface area (Å²) in [6, 6.07) is 22.8. The predicted molar refractivity (Wildman–Crippen MR) is 222 cm³/mol. The van der Waals surface area contributed by atoms with Gasteiger partial charge in [-0.1, -0.05) is 64.1 Å². The summed E-state index contributed by atoms with van der Waals surface area (Å²) in [6.45, 7) is 19.4. The highest BCUT2D eigenvalue weighted by Crippen LogP contribution is 2.59. The maximum absolute atomic E-state index is 12.6. The molecule has 0 aromatic heterocycles. The Morgan fingerprint density at radius 2 is 1.12 bits per heavy atom. The summed E-state index contributed by atoms with van der Waals surface area (Å²) >= 11 is 0. The van der Waals surface area contributed by atoms with Crippen LogP contribution in [0.3, 0.4) is 0 Å². The molecule has 0 amide bonds. The van der Waals surface area contributed by atoms with E-state index in [2.05, 4.69) is 42.0 Å². The zero-order valence-corrected chi connectivity index (χ0v) is 32.1. The summed E-state index contributed by atoms with van der Waals surface area (Å²) in [6.07, 6.45) is 3.41. The minimum absolute atomic E-state index is 0.0849. The molecule has 0 aliphatic heterocycles. The molecule has 9 nitrogen and oxygen atoms in total. The van der Waals surface area contributed by atoms with Gasteiger partial charge in [0, 0.05) is 86.5 Å². The monoisotopic (exact) mass is 745 g/mol. The normalized spacial score (nSPS) is 14.3. The zero-order chi connectivity index (χ0) is 39.8. The van der Waals surface area contributed by atoms with Crippen LogP contribution >= 0.6 is 0 Å². The van der Waals surface area contributed by atoms with E-state index in [9.17, 15) is 30.8 Å². The highest BCUT2D eigenvalue weighted by molar-refractivity contribution is 6.27. The number of aliphatic hydroxyl groups is 1. The van der Waals surface area contributed by atoms with Crippen LogP contribution in [0.25, 0.3) is 37.5 Å². The van der Waals surface area contributed by atoms with Crippen LogP contribution in [-0.4, -0.2) is 62.0 Å². The fourth-order valence-electron chi connectivity index (χ4n) is 8.76. The average molecular weight is 746 g/mol. The van der Waals surface area contributed by atoms with Crippen molar-refractivity contribution in [2.75, 3.05) is 31.1 Å². The summed E-state index contributed by atoms with van der Waals surface area (Å²) in [5.41, 5.74) is 4.18. The van der Waals surface area contributed by atoms with Crippen LogP contribution in [0.2, 0.25) is 0 Å². The number of nitriles is 1. The van der Waals surface area contributed by atoms with Crippen molar-refractivity contribution in [3.05, 3.63) is 135 Å². The molecule has 282 valence electrons. The van der Waals surface area contributed by atoms with Crippen molar-refractivity contribution in [1.29, 1.82) is 5.26 Å². The zero-order valence-electron chi connectivity index (χ0n) is 32.1. The Kier molecular flexibility index (Phi) is 10.2. The Balaban J connectivity index is 1.70. The van der Waals surface area contributed by atoms with Gasteiger partial charge in [-0.25, -0.2) is 14.7 Å². The molecule has 5 N–H and O–H groups in total. The van der Waals surface area contributed by atoms with Crippen molar-refractivity contribution in [3.63, 3.8) is 0 Å². The summed E-state index contributed by atoms with van der Waals surface area (Å²) in [5.74, 6) is -0.719. The van der Waals surface area contributed by atoms with Gasteiger partial charge in [0.1, 0.15) is 41.8 Å². The van der Waals surface area contributed by atoms with E-state index in [0.29, 0.717) is 70.0 Å². The lowest BCUT2D eigenvalue weighted by Gasteiger charge is -2.35. The highest BCUT2D eigenvalue weighted by atomic mass is 16.3. The Hall–Kier alpha value is -6.71. The quantitative estimate of drug-likeness (QED) is 0.0408. The number of rotatable bonds is 10. The van der Waals surface area contributed by atoms with Crippen molar-refractivity contribution in [3.8, 4) is 29.1 Å². The number of aliphatic hydroxyl groups excluding tert-OH is 1. The van der Waals surface area contributed by atoms with Gasteiger partial charge in [-0.05, 0) is 49.2 Å². The highest BCUT2D eigenvalue weighted by Gasteiger charge is 2.44. The second kappa shape index (κ2) is 15.2. The van der Waals surface area contributed by atoms with E-state index in [1.807, 2.05) is 30.3 Å². The largest absolute Gasteiger partial charge is 0.507 e. The van der Waals surface area contributed by atoms with Gasteiger partial charge in [-0.3, -0.25) is 0 Å². The van der Waals surface area contributed by atoms with E-state index >= 15 is 0 Å². The van der Waals surface area contributed by atoms with Crippen molar-refractivity contribution in [2.45, 2.75) is 53.4 Å². The number of anilines is 1. The third kappa shape index (κ3) is 5.70. The summed E-state index contributed by atoms with van der Waals surface area (Å²) in [4.78, 5) is 5.89. The van der Waals surface area contributed by atoms with Gasteiger partial charge in [-0.15, -0.1) is 0 Å². The first-order valence-corrected chi connectivity index (χ1v) is 19.3. The van der Waals surface area contributed by atoms with Crippen molar-refractivity contribution in [1.82, 2.24) is 0 Å². The van der Waals surface area contributed by atoms with Gasteiger partial charge in [0.25, 0.3) is 5.70 Å². The van der Waals surface area contributed by atoms with E-state index in [0.717, 1.165) is 37.1 Å². The van der Waals surface area contributed by atoms with Crippen LogP contribution < -0.4 is 4.90 Å². The van der Waals surface area contributed by atoms with E-state index in [4.69, 9.17) is 6.57 Å². The number of benzene rings is 5. The summed E-state index contributed by atoms with van der Waals surface area (Å²) in [7, 11) is 0. The number of phenols is 4. The standard InChI is InChI=1S/C47H44N4O5/c1-6-22-50(23-7-2)45-27-14-10-18-32(52)36(27)41(37-28(45)15-11-19-33(37)53)43-40(31(26-48)49-5)44(47(43)56)42-38-29(16-12-20-34(38)54)46(51(24-8-3)25-9-4)30-17-13-21-35(55)39(30)42/h10-21H,6-9,22-25H2,1-4H3,(H4-,52,53,54,55,56)/p+1. The summed E-state index contributed by atoms with van der Waals surface area (Å²) in [5, 5.41) is 72.2. The molecule has 0 heterocycles. The number of nitrogens with zero attached hydrogens (tertiary/aromatic N) is 4. The number of fused-ring (bicyclic) bond motifs is 4. The lowest BCUT2D eigenvalue weighted by atomic mass is 9.68. The third-order valence-corrected chi connectivity index (χ3v) is 10.7. The second-order valence-corrected chi connectivity index (χ2v) is 14.3. The van der Waals surface area contributed by atoms with Crippen LogP contribution in [0.15, 0.2) is 95.4 Å². The van der Waals surface area contributed by atoms with Crippen LogP contribution in [0.4, 0.5) is 5.69 Å². The molecule has 0 spiro atoms. The molecule has 2 aliphatic carbocycles. The molecular formula is C47H45N4O5+. The molecule has 5 aromatic carbocycles. The van der Waals surface area contributed by atoms with E-state index in [1.54, 1.807) is 48.5 Å². The molecule has 9 heteroatoms. The second-order valence-electron chi connectivity index (χ2n) is 14.3. The van der Waals surface area contributed by atoms with Crippen molar-refractivity contribution >= 4 is 44.1 Å². The Bertz CT molecular complexity index is 2520. The molecule has 0 saturated carbocycles. The smallest absolute Gasteiger partial charge is 0.270 e. The minimum Gasteiger partial charge on any atom is -0.507 e. The topological polar surface area (TPSA) is 136 Å². The Morgan fingerprint density at radius 3 is 1.57 bits per heavy atom. The predicted octanol–water partition coefficient (Wildman–Crippen LogP) is 9.91. The molecule has 0 fully saturated rings. The molecular weight excluding hydrogens is 701 g/mol. The molecule has 0 bridgehead atoms. The first kappa shape index (κ1) is 37.6. The summed E-state index contributed by atoms with van der Waals surface area (Å²) < 4.78 is 2.24. The molecule has 0 unspecified atom stereocenters. The number of aromatic hydroxyl groups is 4. The van der Waals surface area contributed by atoms with Crippen LogP contribution in [0.1, 0.15) is 81.2 Å². The molecule has 0 saturated heterocycles. The van der Waals surface area contributed by atoms with E-state index < -0.39 is 0 Å². The van der Waals surface area contributed by atoms with Gasteiger partial charge in [-0.2, -0.15) is 0 Å². The number of allylic oxidation sites excluding steroid dienone is 3. The van der Waals surface area contributed by atoms with Crippen LogP contribution in [0, 0.1) is 17.9 Å². The maximum Gasteiger partial charge on any atom is 0.270 e. The first-order chi connectivity index (χ1) is 27.2. The SMILES string of the molecule is [C-]#[N+]C(C#N)=C1C(=C2c3c(O)cccc3C(=[N+](CCC)CCC)c3cccc(O)c32)C(O)=C1c1c2c(O)cccc2c(N(CCC)CCC)c2cccc(O)c12. The lowest BCUT2D eigenvalue weighted by Crippen LogP contribution is -2.30. The molecule has 7 rings (SSSR count). The Labute approximate surface area is 326 Å². The molecule has 5 aromatic rings. The van der Waals surface area contributed by atoms with Crippen molar-refractivity contribution in [2.24, 2.45) is 0 Å². The number of hydrogen-bond acceptors (Lipinski definition) is 7. The van der Waals surface area contributed by atoms with Crippen LogP contribution in [0.5, 0.6) is 23.0 Å². The van der Waals surface area contributed by atoms with Crippen molar-refractivity contribution < 1.29 is 30.1 Å². The van der Waals surface area contributed by atoms with Crippen LogP contribution in [-0.2, 0) is 0 Å². The first-order valence-electron chi connectivity index (χ1n) is 19.3. The Morgan fingerprint density at radius 1 is 0.643 bits per heavy atom. The third-order valence-electron chi connectivity index (χ3n) is 10.7. The molecule has 56 heavy (non-hydrogen) atoms. The average Bonchev–Trinajstić information content (AvgIpc) is 3.18. The van der Waals surface area contributed by atoms with Gasteiger partial charge < -0.3 is 30.4 Å². The lowest BCUT2D eigenvalue weighted by molar-refractivity contribution is -0.527. The van der Waals surface area contributed by atoms with E-state index in [-0.39, 0.29) is 62.3 Å². The molecule has 0 radical (unpaired) electrons. The molecule has 2 aliphatic rings. The minimum atomic E-state index is -0.336. The molecule has 0 atom stereocenters. The maximum atomic E-state index is 12.6. The fourth-order valence-corrected chi connectivity index (χ4v) is 8.76. The van der Waals surface area contributed by atoms with Gasteiger partial charge >= 0.3 is 0 Å².